The first-order valence-corrected chi connectivity index (χ1v) is 15.8. The summed E-state index contributed by atoms with van der Waals surface area (Å²) in [5.41, 5.74) is -0.286. The van der Waals surface area contributed by atoms with Crippen LogP contribution in [-0.2, 0) is 20.9 Å². The molecule has 13 heteroatoms. The Morgan fingerprint density at radius 3 is 2.35 bits per heavy atom. The zero-order chi connectivity index (χ0) is 34.9. The molecule has 1 aromatic heterocycles. The second kappa shape index (κ2) is 14.0. The Balaban J connectivity index is 1.51. The Hall–Kier alpha value is -4.36. The molecule has 9 nitrogen and oxygen atoms in total. The first-order chi connectivity index (χ1) is 22.6. The number of hydrogen-bond acceptors (Lipinski definition) is 6. The van der Waals surface area contributed by atoms with E-state index in [1.54, 1.807) is 15.5 Å². The summed E-state index contributed by atoms with van der Waals surface area (Å²) >= 11 is 0. The number of benzene rings is 2. The summed E-state index contributed by atoms with van der Waals surface area (Å²) in [6.07, 6.45) is 1.04. The first-order valence-electron chi connectivity index (χ1n) is 15.8. The maximum Gasteiger partial charge on any atom is 0.253 e. The van der Waals surface area contributed by atoms with Crippen LogP contribution in [0.2, 0.25) is 0 Å². The minimum Gasteiger partial charge on any atom is -0.384 e. The average molecular weight is 670 g/mol. The second-order valence-corrected chi connectivity index (χ2v) is 13.5. The summed E-state index contributed by atoms with van der Waals surface area (Å²) in [6, 6.07) is 7.93. The Morgan fingerprint density at radius 2 is 1.71 bits per heavy atom. The lowest BCUT2D eigenvalue weighted by atomic mass is 9.84. The number of aromatic nitrogens is 2. The van der Waals surface area contributed by atoms with E-state index in [0.717, 1.165) is 23.1 Å². The fraction of sp³-hybridized carbons (Fsp3) is 0.429. The monoisotopic (exact) mass is 669 g/mol. The maximum absolute atomic E-state index is 15.7. The molecule has 3 amide bonds. The van der Waals surface area contributed by atoms with Crippen LogP contribution in [0.25, 0.3) is 11.3 Å². The molecule has 2 aliphatic heterocycles. The number of nitrogens with zero attached hydrogens (tertiary/aromatic N) is 5. The molecule has 1 N–H and O–H groups in total. The summed E-state index contributed by atoms with van der Waals surface area (Å²) in [5, 5.41) is 10.6. The molecular weight excluding hydrogens is 630 g/mol. The van der Waals surface area contributed by atoms with E-state index in [9.17, 15) is 28.3 Å². The minimum absolute atomic E-state index is 0.0163. The molecule has 2 aliphatic rings. The van der Waals surface area contributed by atoms with Gasteiger partial charge in [-0.05, 0) is 48.2 Å². The van der Waals surface area contributed by atoms with E-state index in [2.05, 4.69) is 0 Å². The van der Waals surface area contributed by atoms with Gasteiger partial charge in [0.1, 0.15) is 35.6 Å². The smallest absolute Gasteiger partial charge is 0.253 e. The molecule has 1 fully saturated rings. The second-order valence-electron chi connectivity index (χ2n) is 13.5. The Kier molecular flexibility index (Phi) is 10.2. The highest BCUT2D eigenvalue weighted by atomic mass is 19.1. The van der Waals surface area contributed by atoms with Gasteiger partial charge in [0, 0.05) is 69.1 Å². The van der Waals surface area contributed by atoms with Crippen molar-refractivity contribution in [2.75, 3.05) is 32.7 Å². The van der Waals surface area contributed by atoms with Crippen LogP contribution in [0.3, 0.4) is 0 Å². The van der Waals surface area contributed by atoms with Crippen LogP contribution < -0.4 is 0 Å². The van der Waals surface area contributed by atoms with Gasteiger partial charge in [0.05, 0.1) is 11.7 Å². The molecule has 0 bridgehead atoms. The van der Waals surface area contributed by atoms with Gasteiger partial charge in [-0.3, -0.25) is 24.2 Å². The average Bonchev–Trinajstić information content (AvgIpc) is 3.67. The molecule has 4 atom stereocenters. The summed E-state index contributed by atoms with van der Waals surface area (Å²) in [6.45, 7) is 7.33. The lowest BCUT2D eigenvalue weighted by Crippen LogP contribution is -2.49. The SMILES string of the molecule is C[C@H](O)C(=O)N(C[C@@H]1CN(CCN2C(=O)C=CC2=O)C[C@@H]1F)[C@@H](c1nc(-c2cc(F)ccc2F)cn1Cc1cccc(F)c1)C(C)(C)C. The summed E-state index contributed by atoms with van der Waals surface area (Å²) < 4.78 is 60.8. The Bertz CT molecular complexity index is 1700. The number of alkyl halides is 1. The molecule has 2 aromatic carbocycles. The third-order valence-electron chi connectivity index (χ3n) is 8.68. The normalized spacial score (nSPS) is 19.7. The van der Waals surface area contributed by atoms with Crippen LogP contribution in [0, 0.1) is 28.8 Å². The summed E-state index contributed by atoms with van der Waals surface area (Å²) in [5.74, 6) is -3.86. The molecule has 0 unspecified atom stereocenters. The number of imidazole rings is 1. The third-order valence-corrected chi connectivity index (χ3v) is 8.68. The van der Waals surface area contributed by atoms with Crippen LogP contribution in [0.1, 0.15) is 45.1 Å². The van der Waals surface area contributed by atoms with E-state index in [1.807, 2.05) is 20.8 Å². The minimum atomic E-state index is -1.46. The van der Waals surface area contributed by atoms with Gasteiger partial charge in [-0.1, -0.05) is 32.9 Å². The van der Waals surface area contributed by atoms with Crippen molar-refractivity contribution in [3.63, 3.8) is 0 Å². The third kappa shape index (κ3) is 7.68. The van der Waals surface area contributed by atoms with Gasteiger partial charge in [-0.2, -0.15) is 0 Å². The van der Waals surface area contributed by atoms with Gasteiger partial charge < -0.3 is 14.6 Å². The number of likely N-dealkylation sites (tertiary alicyclic amines) is 1. The number of aliphatic hydroxyl groups excluding tert-OH is 1. The fourth-order valence-electron chi connectivity index (χ4n) is 6.40. The molecular formula is C35H39F4N5O4. The highest BCUT2D eigenvalue weighted by Gasteiger charge is 2.43. The van der Waals surface area contributed by atoms with E-state index < -0.39 is 64.8 Å². The zero-order valence-corrected chi connectivity index (χ0v) is 27.2. The fourth-order valence-corrected chi connectivity index (χ4v) is 6.40. The molecule has 3 heterocycles. The number of amides is 3. The molecule has 5 rings (SSSR count). The first kappa shape index (κ1) is 35.0. The van der Waals surface area contributed by atoms with Crippen molar-refractivity contribution in [2.45, 2.75) is 52.6 Å². The van der Waals surface area contributed by atoms with E-state index in [0.29, 0.717) is 5.56 Å². The van der Waals surface area contributed by atoms with E-state index in [4.69, 9.17) is 4.98 Å². The van der Waals surface area contributed by atoms with Crippen molar-refractivity contribution < 1.29 is 37.1 Å². The standard InChI is InChI=1S/C35H39F4N5O4/c1-21(45)34(48)44(18-23-17-41(19-28(23)39)12-13-43-30(46)10-11-31(43)47)32(35(2,3)4)33-40-29(26-15-25(37)8-9-27(26)38)20-42(33)16-22-6-5-7-24(36)14-22/h5-11,14-15,20-21,23,28,32,45H,12-13,16-19H2,1-4H3/t21-,23-,28-,32-/m0/s1. The largest absolute Gasteiger partial charge is 0.384 e. The van der Waals surface area contributed by atoms with E-state index >= 15 is 8.78 Å². The van der Waals surface area contributed by atoms with Gasteiger partial charge in [-0.25, -0.2) is 22.5 Å². The number of aliphatic hydroxyl groups is 1. The number of carbonyl (C=O) groups excluding carboxylic acids is 3. The molecule has 0 aliphatic carbocycles. The lowest BCUT2D eigenvalue weighted by molar-refractivity contribution is -0.146. The highest BCUT2D eigenvalue weighted by Crippen LogP contribution is 2.41. The van der Waals surface area contributed by atoms with Crippen LogP contribution in [0.15, 0.2) is 60.8 Å². The van der Waals surface area contributed by atoms with E-state index in [-0.39, 0.29) is 56.4 Å². The Morgan fingerprint density at radius 1 is 1.02 bits per heavy atom. The van der Waals surface area contributed by atoms with Crippen molar-refractivity contribution in [1.29, 1.82) is 0 Å². The Labute approximate surface area is 276 Å². The molecule has 256 valence electrons. The molecule has 0 radical (unpaired) electrons. The van der Waals surface area contributed by atoms with Crippen molar-refractivity contribution >= 4 is 17.7 Å². The van der Waals surface area contributed by atoms with Crippen LogP contribution >= 0.6 is 0 Å². The number of imide groups is 1. The predicted molar refractivity (Wildman–Crippen MR) is 169 cm³/mol. The molecule has 0 saturated carbocycles. The quantitative estimate of drug-likeness (QED) is 0.239. The number of hydrogen-bond donors (Lipinski definition) is 1. The topological polar surface area (TPSA) is 99.0 Å². The van der Waals surface area contributed by atoms with E-state index in [1.165, 1.54) is 48.4 Å². The molecule has 1 saturated heterocycles. The van der Waals surface area contributed by atoms with Gasteiger partial charge in [0.2, 0.25) is 0 Å². The summed E-state index contributed by atoms with van der Waals surface area (Å²) in [7, 11) is 0. The number of halogens is 4. The van der Waals surface area contributed by atoms with Crippen LogP contribution in [0.4, 0.5) is 17.6 Å². The van der Waals surface area contributed by atoms with Crippen LogP contribution in [0.5, 0.6) is 0 Å². The molecule has 3 aromatic rings. The van der Waals surface area contributed by atoms with Crippen LogP contribution in [-0.4, -0.2) is 92.1 Å². The van der Waals surface area contributed by atoms with Gasteiger partial charge in [-0.15, -0.1) is 0 Å². The van der Waals surface area contributed by atoms with Gasteiger partial charge in [0.25, 0.3) is 17.7 Å². The van der Waals surface area contributed by atoms with Crippen molar-refractivity contribution in [1.82, 2.24) is 24.3 Å². The number of rotatable bonds is 11. The molecule has 48 heavy (non-hydrogen) atoms. The van der Waals surface area contributed by atoms with Gasteiger partial charge >= 0.3 is 0 Å². The highest BCUT2D eigenvalue weighted by molar-refractivity contribution is 6.12. The lowest BCUT2D eigenvalue weighted by Gasteiger charge is -2.41. The van der Waals surface area contributed by atoms with Crippen molar-refractivity contribution in [2.24, 2.45) is 11.3 Å². The van der Waals surface area contributed by atoms with Crippen molar-refractivity contribution in [3.05, 3.63) is 89.7 Å². The maximum atomic E-state index is 15.7. The van der Waals surface area contributed by atoms with Gasteiger partial charge in [0.15, 0.2) is 0 Å². The predicted octanol–water partition coefficient (Wildman–Crippen LogP) is 4.51. The zero-order valence-electron chi connectivity index (χ0n) is 27.2. The summed E-state index contributed by atoms with van der Waals surface area (Å²) in [4.78, 5) is 46.7. The van der Waals surface area contributed by atoms with Crippen molar-refractivity contribution in [3.8, 4) is 11.3 Å². The molecule has 0 spiro atoms. The number of carbonyl (C=O) groups is 3.